The van der Waals surface area contributed by atoms with Crippen LogP contribution in [0.25, 0.3) is 12.2 Å². The number of halogens is 7. The van der Waals surface area contributed by atoms with E-state index in [-0.39, 0.29) is 47.0 Å². The minimum Gasteiger partial charge on any atom is -0.486 e. The summed E-state index contributed by atoms with van der Waals surface area (Å²) in [6.07, 6.45) is -7.91. The lowest BCUT2D eigenvalue weighted by molar-refractivity contribution is -0.141. The van der Waals surface area contributed by atoms with Crippen LogP contribution >= 0.6 is 11.6 Å². The van der Waals surface area contributed by atoms with Crippen molar-refractivity contribution in [1.82, 2.24) is 4.98 Å². The molecule has 242 valence electrons. The Morgan fingerprint density at radius 3 is 2.49 bits per heavy atom. The third-order valence-corrected chi connectivity index (χ3v) is 8.71. The molecule has 0 saturated carbocycles. The summed E-state index contributed by atoms with van der Waals surface area (Å²) in [4.78, 5) is 14.5. The maximum atomic E-state index is 14.1. The van der Waals surface area contributed by atoms with Gasteiger partial charge in [-0.3, -0.25) is 9.10 Å². The Bertz CT molecular complexity index is 1710. The molecule has 0 saturated heterocycles. The number of hydrogen-bond donors (Lipinski definition) is 0. The zero-order valence-corrected chi connectivity index (χ0v) is 25.1. The number of benzene rings is 2. The number of nitrogens with zero attached hydrogens (tertiary/aromatic N) is 2. The van der Waals surface area contributed by atoms with E-state index in [0.29, 0.717) is 12.3 Å². The molecule has 1 aliphatic rings. The molecule has 0 N–H and O–H groups in total. The van der Waals surface area contributed by atoms with Gasteiger partial charge in [0.05, 0.1) is 37.1 Å². The van der Waals surface area contributed by atoms with Gasteiger partial charge in [0.25, 0.3) is 10.0 Å². The number of fused-ring (bicyclic) bond motifs is 1. The summed E-state index contributed by atoms with van der Waals surface area (Å²) in [7, 11) is -3.68. The number of methoxy groups -OCH3 is 1. The molecule has 3 aromatic rings. The van der Waals surface area contributed by atoms with Crippen molar-refractivity contribution >= 4 is 45.4 Å². The van der Waals surface area contributed by atoms with Crippen LogP contribution in [0.1, 0.15) is 42.0 Å². The Morgan fingerprint density at radius 2 is 1.84 bits per heavy atom. The van der Waals surface area contributed by atoms with E-state index in [4.69, 9.17) is 21.1 Å². The number of rotatable bonds is 9. The molecular weight excluding hydrogens is 654 g/mol. The van der Waals surface area contributed by atoms with E-state index in [1.165, 1.54) is 44.4 Å². The third kappa shape index (κ3) is 7.64. The molecule has 1 atom stereocenters. The highest BCUT2D eigenvalue weighted by Gasteiger charge is 2.40. The third-order valence-electron chi connectivity index (χ3n) is 6.61. The number of alkyl halides is 6. The van der Waals surface area contributed by atoms with Gasteiger partial charge in [0.15, 0.2) is 4.90 Å². The standard InChI is InChI=1S/C29H25ClF6N2O6S/c1-3-43-27-25(14-18(15-37-27)28(31,32)33)45(40,41)38-16-19(9-12-26(39)42-2)44-24-11-8-17(13-23(24)38)7-10-20-21(29(34,35)36)5-4-6-22(20)30/h4-8,10-11,13-15,19H,3,9,12,16H2,1-2H3. The summed E-state index contributed by atoms with van der Waals surface area (Å²) in [6.45, 7) is 0.938. The lowest BCUT2D eigenvalue weighted by atomic mass is 10.0. The molecule has 8 nitrogen and oxygen atoms in total. The molecule has 1 unspecified atom stereocenters. The Labute approximate surface area is 259 Å². The molecule has 0 aliphatic carbocycles. The monoisotopic (exact) mass is 678 g/mol. The van der Waals surface area contributed by atoms with Gasteiger partial charge in [0.1, 0.15) is 11.9 Å². The molecule has 0 radical (unpaired) electrons. The summed E-state index contributed by atoms with van der Waals surface area (Å²) in [5.41, 5.74) is -2.57. The van der Waals surface area contributed by atoms with Crippen molar-refractivity contribution in [2.24, 2.45) is 0 Å². The van der Waals surface area contributed by atoms with E-state index in [0.717, 1.165) is 22.5 Å². The summed E-state index contributed by atoms with van der Waals surface area (Å²) < 4.78 is 126. The number of pyridine rings is 1. The Morgan fingerprint density at radius 1 is 1.11 bits per heavy atom. The van der Waals surface area contributed by atoms with Crippen molar-refractivity contribution < 1.29 is 53.8 Å². The van der Waals surface area contributed by atoms with Crippen LogP contribution in [0.5, 0.6) is 11.6 Å². The zero-order chi connectivity index (χ0) is 33.2. The van der Waals surface area contributed by atoms with Crippen molar-refractivity contribution in [3.8, 4) is 11.6 Å². The highest BCUT2D eigenvalue weighted by atomic mass is 35.5. The molecule has 1 aliphatic heterocycles. The Hall–Kier alpha value is -3.98. The molecule has 4 rings (SSSR count). The number of sulfonamides is 1. The molecule has 45 heavy (non-hydrogen) atoms. The number of carbonyl (C=O) groups is 1. The zero-order valence-electron chi connectivity index (χ0n) is 23.6. The molecule has 1 aromatic heterocycles. The van der Waals surface area contributed by atoms with Crippen LogP contribution in [0.15, 0.2) is 53.6 Å². The van der Waals surface area contributed by atoms with Crippen molar-refractivity contribution in [2.75, 3.05) is 24.6 Å². The van der Waals surface area contributed by atoms with Crippen LogP contribution in [-0.4, -0.2) is 45.7 Å². The van der Waals surface area contributed by atoms with Crippen LogP contribution in [0.4, 0.5) is 32.0 Å². The number of ether oxygens (including phenoxy) is 3. The van der Waals surface area contributed by atoms with Gasteiger partial charge in [-0.15, -0.1) is 0 Å². The van der Waals surface area contributed by atoms with E-state index < -0.39 is 62.9 Å². The average Bonchev–Trinajstić information content (AvgIpc) is 2.97. The maximum absolute atomic E-state index is 14.1. The number of carbonyl (C=O) groups excluding carboxylic acids is 1. The predicted octanol–water partition coefficient (Wildman–Crippen LogP) is 7.25. The second-order valence-electron chi connectivity index (χ2n) is 9.61. The SMILES string of the molecule is CCOc1ncc(C(F)(F)F)cc1S(=O)(=O)N1CC(CCC(=O)OC)Oc2ccc(C=Cc3c(Cl)cccc3C(F)(F)F)cc21. The number of hydrogen-bond acceptors (Lipinski definition) is 7. The normalized spacial score (nSPS) is 15.5. The number of aromatic nitrogens is 1. The first kappa shape index (κ1) is 33.9. The lowest BCUT2D eigenvalue weighted by Gasteiger charge is -2.36. The fourth-order valence-corrected chi connectivity index (χ4v) is 6.31. The molecular formula is C29H25ClF6N2O6S. The summed E-state index contributed by atoms with van der Waals surface area (Å²) in [5.74, 6) is -1.18. The highest BCUT2D eigenvalue weighted by Crippen LogP contribution is 2.42. The number of anilines is 1. The molecule has 0 fully saturated rings. The summed E-state index contributed by atoms with van der Waals surface area (Å²) in [5, 5.41) is -0.180. The van der Waals surface area contributed by atoms with Crippen molar-refractivity contribution in [1.29, 1.82) is 0 Å². The van der Waals surface area contributed by atoms with Crippen molar-refractivity contribution in [3.63, 3.8) is 0 Å². The van der Waals surface area contributed by atoms with Gasteiger partial charge in [-0.25, -0.2) is 13.4 Å². The van der Waals surface area contributed by atoms with Crippen molar-refractivity contribution in [2.45, 2.75) is 43.1 Å². The largest absolute Gasteiger partial charge is 0.486 e. The fourth-order valence-electron chi connectivity index (χ4n) is 4.46. The average molecular weight is 679 g/mol. The van der Waals surface area contributed by atoms with Crippen LogP contribution in [0.2, 0.25) is 5.02 Å². The summed E-state index contributed by atoms with van der Waals surface area (Å²) >= 11 is 6.04. The molecule has 16 heteroatoms. The van der Waals surface area contributed by atoms with Crippen LogP contribution < -0.4 is 13.8 Å². The van der Waals surface area contributed by atoms with Gasteiger partial charge in [0, 0.05) is 23.2 Å². The van der Waals surface area contributed by atoms with Gasteiger partial charge in [0.2, 0.25) is 5.88 Å². The molecule has 2 aromatic carbocycles. The van der Waals surface area contributed by atoms with Crippen LogP contribution in [0.3, 0.4) is 0 Å². The van der Waals surface area contributed by atoms with Crippen molar-refractivity contribution in [3.05, 3.63) is 75.9 Å². The summed E-state index contributed by atoms with van der Waals surface area (Å²) in [6, 6.07) is 7.76. The first-order valence-electron chi connectivity index (χ1n) is 13.2. The minimum absolute atomic E-state index is 0.00826. The van der Waals surface area contributed by atoms with Gasteiger partial charge in [-0.1, -0.05) is 35.9 Å². The van der Waals surface area contributed by atoms with Crippen LogP contribution in [-0.2, 0) is 31.9 Å². The van der Waals surface area contributed by atoms with Gasteiger partial charge >= 0.3 is 18.3 Å². The lowest BCUT2D eigenvalue weighted by Crippen LogP contribution is -2.44. The van der Waals surface area contributed by atoms with Gasteiger partial charge < -0.3 is 14.2 Å². The van der Waals surface area contributed by atoms with Crippen LogP contribution in [0, 0.1) is 0 Å². The topological polar surface area (TPSA) is 95.0 Å². The van der Waals surface area contributed by atoms with E-state index in [2.05, 4.69) is 9.72 Å². The highest BCUT2D eigenvalue weighted by molar-refractivity contribution is 7.93. The first-order chi connectivity index (χ1) is 21.1. The fraction of sp³-hybridized carbons (Fsp3) is 0.310. The maximum Gasteiger partial charge on any atom is 0.417 e. The molecule has 0 amide bonds. The molecule has 2 heterocycles. The number of esters is 1. The Balaban J connectivity index is 1.83. The smallest absolute Gasteiger partial charge is 0.417 e. The van der Waals surface area contributed by atoms with E-state index in [1.807, 2.05) is 0 Å². The second-order valence-corrected chi connectivity index (χ2v) is 11.8. The first-order valence-corrected chi connectivity index (χ1v) is 15.0. The van der Waals surface area contributed by atoms with E-state index in [1.54, 1.807) is 0 Å². The van der Waals surface area contributed by atoms with Gasteiger partial charge in [-0.05, 0) is 49.2 Å². The molecule has 0 spiro atoms. The predicted molar refractivity (Wildman–Crippen MR) is 152 cm³/mol. The second kappa shape index (κ2) is 13.2. The Kier molecular flexibility index (Phi) is 9.92. The van der Waals surface area contributed by atoms with Gasteiger partial charge in [-0.2, -0.15) is 26.3 Å². The molecule has 0 bridgehead atoms. The minimum atomic E-state index is -4.93. The van der Waals surface area contributed by atoms with E-state index in [9.17, 15) is 39.6 Å². The quantitative estimate of drug-likeness (QED) is 0.134. The van der Waals surface area contributed by atoms with E-state index >= 15 is 0 Å².